The summed E-state index contributed by atoms with van der Waals surface area (Å²) in [5, 5.41) is 0.143. The average molecular weight is 215 g/mol. The maximum atomic E-state index is 12.5. The largest absolute Gasteiger partial charge is 0.423 e. The Bertz CT molecular complexity index is 561. The Labute approximate surface area is 80.8 Å². The summed E-state index contributed by atoms with van der Waals surface area (Å²) in [7, 11) is 0. The van der Waals surface area contributed by atoms with Crippen LogP contribution in [0.5, 0.6) is 0 Å². The topological polar surface area (TPSA) is 58.6 Å². The van der Waals surface area contributed by atoms with E-state index in [1.165, 1.54) is 6.20 Å². The van der Waals surface area contributed by atoms with Gasteiger partial charge >= 0.3 is 6.18 Å². The van der Waals surface area contributed by atoms with Crippen LogP contribution in [0.3, 0.4) is 0 Å². The number of alkyl halides is 3. The smallest absolute Gasteiger partial charge is 0.328 e. The van der Waals surface area contributed by atoms with E-state index < -0.39 is 17.3 Å². The molecule has 0 radical (unpaired) electrons. The number of fused-ring (bicyclic) bond motifs is 1. The predicted molar refractivity (Wildman–Crippen MR) is 45.2 cm³/mol. The summed E-state index contributed by atoms with van der Waals surface area (Å²) in [6.45, 7) is 0. The van der Waals surface area contributed by atoms with Crippen LogP contribution in [0.2, 0.25) is 0 Å². The molecular weight excluding hydrogens is 211 g/mol. The second kappa shape index (κ2) is 3.04. The lowest BCUT2D eigenvalue weighted by Crippen LogP contribution is -2.22. The van der Waals surface area contributed by atoms with Crippen molar-refractivity contribution < 1.29 is 13.2 Å². The molecule has 0 saturated heterocycles. The molecule has 2 rings (SSSR count). The van der Waals surface area contributed by atoms with Gasteiger partial charge in [-0.15, -0.1) is 0 Å². The second-order valence-electron chi connectivity index (χ2n) is 2.82. The van der Waals surface area contributed by atoms with E-state index in [9.17, 15) is 18.0 Å². The maximum absolute atomic E-state index is 12.5. The summed E-state index contributed by atoms with van der Waals surface area (Å²) in [5.74, 6) is 0. The highest BCUT2D eigenvalue weighted by Crippen LogP contribution is 2.30. The molecule has 0 fully saturated rings. The van der Waals surface area contributed by atoms with Gasteiger partial charge in [-0.3, -0.25) is 4.79 Å². The fourth-order valence-corrected chi connectivity index (χ4v) is 1.24. The molecule has 0 aliphatic rings. The quantitative estimate of drug-likeness (QED) is 0.721. The highest BCUT2D eigenvalue weighted by molar-refractivity contribution is 5.79. The van der Waals surface area contributed by atoms with E-state index >= 15 is 0 Å². The van der Waals surface area contributed by atoms with Gasteiger partial charge in [0.1, 0.15) is 11.9 Å². The van der Waals surface area contributed by atoms with Crippen molar-refractivity contribution in [1.29, 1.82) is 0 Å². The van der Waals surface area contributed by atoms with Gasteiger partial charge in [-0.25, -0.2) is 9.97 Å². The zero-order valence-corrected chi connectivity index (χ0v) is 7.17. The third-order valence-electron chi connectivity index (χ3n) is 1.85. The molecule has 2 aromatic heterocycles. The van der Waals surface area contributed by atoms with Crippen molar-refractivity contribution >= 4 is 10.9 Å². The van der Waals surface area contributed by atoms with Gasteiger partial charge in [0.25, 0.3) is 5.56 Å². The SMILES string of the molecule is O=c1[nH]cc2cncnc2c1C(F)(F)F. The summed E-state index contributed by atoms with van der Waals surface area (Å²) in [6.07, 6.45) is -1.40. The lowest BCUT2D eigenvalue weighted by Gasteiger charge is -2.07. The first-order valence-corrected chi connectivity index (χ1v) is 3.89. The summed E-state index contributed by atoms with van der Waals surface area (Å²) in [5.41, 5.74) is -2.88. The van der Waals surface area contributed by atoms with E-state index in [0.717, 1.165) is 12.5 Å². The lowest BCUT2D eigenvalue weighted by molar-refractivity contribution is -0.137. The molecule has 4 nitrogen and oxygen atoms in total. The normalized spacial score (nSPS) is 11.9. The number of nitrogens with zero attached hydrogens (tertiary/aromatic N) is 2. The Kier molecular flexibility index (Phi) is 1.95. The van der Waals surface area contributed by atoms with E-state index in [2.05, 4.69) is 9.97 Å². The van der Waals surface area contributed by atoms with Crippen molar-refractivity contribution in [3.05, 3.63) is 34.6 Å². The Hall–Kier alpha value is -1.92. The van der Waals surface area contributed by atoms with Crippen LogP contribution in [0.4, 0.5) is 13.2 Å². The molecule has 0 amide bonds. The van der Waals surface area contributed by atoms with Crippen molar-refractivity contribution in [1.82, 2.24) is 15.0 Å². The molecule has 15 heavy (non-hydrogen) atoms. The highest BCUT2D eigenvalue weighted by Gasteiger charge is 2.36. The first kappa shape index (κ1) is 9.63. The zero-order valence-electron chi connectivity index (χ0n) is 7.17. The highest BCUT2D eigenvalue weighted by atomic mass is 19.4. The molecule has 0 aromatic carbocycles. The summed E-state index contributed by atoms with van der Waals surface area (Å²) < 4.78 is 37.5. The Morgan fingerprint density at radius 2 is 2.07 bits per heavy atom. The molecule has 7 heteroatoms. The van der Waals surface area contributed by atoms with Gasteiger partial charge < -0.3 is 4.98 Å². The van der Waals surface area contributed by atoms with E-state index in [4.69, 9.17) is 0 Å². The molecular formula is C8H4F3N3O. The summed E-state index contributed by atoms with van der Waals surface area (Å²) >= 11 is 0. The minimum absolute atomic E-state index is 0.143. The first-order valence-electron chi connectivity index (χ1n) is 3.89. The molecule has 2 heterocycles. The molecule has 0 aliphatic carbocycles. The van der Waals surface area contributed by atoms with Gasteiger partial charge in [0.15, 0.2) is 0 Å². The summed E-state index contributed by atoms with van der Waals surface area (Å²) in [4.78, 5) is 20.1. The van der Waals surface area contributed by atoms with Crippen molar-refractivity contribution in [3.8, 4) is 0 Å². The van der Waals surface area contributed by atoms with Gasteiger partial charge in [0, 0.05) is 17.8 Å². The Morgan fingerprint density at radius 1 is 1.33 bits per heavy atom. The average Bonchev–Trinajstić information content (AvgIpc) is 2.15. The maximum Gasteiger partial charge on any atom is 0.423 e. The molecule has 0 aliphatic heterocycles. The van der Waals surface area contributed by atoms with E-state index in [1.54, 1.807) is 0 Å². The number of rotatable bonds is 0. The van der Waals surface area contributed by atoms with Gasteiger partial charge in [-0.2, -0.15) is 13.2 Å². The van der Waals surface area contributed by atoms with Crippen LogP contribution in [0.15, 0.2) is 23.5 Å². The number of hydrogen-bond acceptors (Lipinski definition) is 3. The number of aromatic nitrogens is 3. The fourth-order valence-electron chi connectivity index (χ4n) is 1.24. The first-order chi connectivity index (χ1) is 7.00. The number of nitrogens with one attached hydrogen (secondary N) is 1. The molecule has 0 bridgehead atoms. The van der Waals surface area contributed by atoms with Gasteiger partial charge in [-0.1, -0.05) is 0 Å². The van der Waals surface area contributed by atoms with Gasteiger partial charge in [0.2, 0.25) is 0 Å². The van der Waals surface area contributed by atoms with Crippen LogP contribution in [0.25, 0.3) is 10.9 Å². The van der Waals surface area contributed by atoms with E-state index in [1.807, 2.05) is 4.98 Å². The predicted octanol–water partition coefficient (Wildman–Crippen LogP) is 1.34. The second-order valence-corrected chi connectivity index (χ2v) is 2.82. The molecule has 2 aromatic rings. The molecule has 0 unspecified atom stereocenters. The number of H-pyrrole nitrogens is 1. The minimum Gasteiger partial charge on any atom is -0.328 e. The number of pyridine rings is 1. The minimum atomic E-state index is -4.72. The van der Waals surface area contributed by atoms with Crippen LogP contribution >= 0.6 is 0 Å². The molecule has 1 N–H and O–H groups in total. The van der Waals surface area contributed by atoms with Crippen LogP contribution < -0.4 is 5.56 Å². The van der Waals surface area contributed by atoms with E-state index in [-0.39, 0.29) is 10.9 Å². The number of hydrogen-bond donors (Lipinski definition) is 1. The fraction of sp³-hybridized carbons (Fsp3) is 0.125. The van der Waals surface area contributed by atoms with Gasteiger partial charge in [0.05, 0.1) is 5.52 Å². The van der Waals surface area contributed by atoms with Crippen LogP contribution in [0.1, 0.15) is 5.56 Å². The van der Waals surface area contributed by atoms with Crippen LogP contribution in [0, 0.1) is 0 Å². The van der Waals surface area contributed by atoms with Crippen molar-refractivity contribution in [2.75, 3.05) is 0 Å². The van der Waals surface area contributed by atoms with Crippen LogP contribution in [-0.4, -0.2) is 15.0 Å². The molecule has 0 spiro atoms. The third kappa shape index (κ3) is 1.56. The van der Waals surface area contributed by atoms with Crippen molar-refractivity contribution in [3.63, 3.8) is 0 Å². The lowest BCUT2D eigenvalue weighted by atomic mass is 10.2. The van der Waals surface area contributed by atoms with Crippen molar-refractivity contribution in [2.24, 2.45) is 0 Å². The number of aromatic amines is 1. The Morgan fingerprint density at radius 3 is 2.73 bits per heavy atom. The standard InChI is InChI=1S/C8H4F3N3O/c9-8(10,11)5-6-4(1-12-3-14-6)2-13-7(5)15/h1-3H,(H,13,15). The number of halogens is 3. The third-order valence-corrected chi connectivity index (χ3v) is 1.85. The van der Waals surface area contributed by atoms with Crippen LogP contribution in [-0.2, 0) is 6.18 Å². The van der Waals surface area contributed by atoms with Crippen molar-refractivity contribution in [2.45, 2.75) is 6.18 Å². The molecule has 0 saturated carbocycles. The summed E-state index contributed by atoms with van der Waals surface area (Å²) in [6, 6.07) is 0. The monoisotopic (exact) mass is 215 g/mol. The molecule has 0 atom stereocenters. The molecule has 78 valence electrons. The van der Waals surface area contributed by atoms with Gasteiger partial charge in [-0.05, 0) is 0 Å². The zero-order chi connectivity index (χ0) is 11.1. The Balaban J connectivity index is 2.93. The van der Waals surface area contributed by atoms with E-state index in [0.29, 0.717) is 0 Å².